The van der Waals surface area contributed by atoms with Crippen LogP contribution in [0.1, 0.15) is 15.2 Å². The number of amides is 1. The van der Waals surface area contributed by atoms with Gasteiger partial charge < -0.3 is 19.5 Å². The number of nitrogens with one attached hydrogen (secondary N) is 1. The molecule has 0 bridgehead atoms. The Labute approximate surface area is 165 Å². The second-order valence-electron chi connectivity index (χ2n) is 5.99. The Morgan fingerprint density at radius 3 is 2.71 bits per heavy atom. The zero-order valence-corrected chi connectivity index (χ0v) is 16.9. The highest BCUT2D eigenvalue weighted by Crippen LogP contribution is 2.32. The number of aryl methyl sites for hydroxylation is 1. The number of nitrogens with zero attached hydrogens (tertiary/aromatic N) is 2. The molecule has 2 heterocycles. The van der Waals surface area contributed by atoms with Crippen LogP contribution in [0.4, 0.5) is 5.69 Å². The van der Waals surface area contributed by atoms with Crippen molar-refractivity contribution in [3.05, 3.63) is 45.3 Å². The molecule has 0 unspecified atom stereocenters. The van der Waals surface area contributed by atoms with Crippen molar-refractivity contribution in [2.24, 2.45) is 0 Å². The molecule has 0 aliphatic rings. The molecular weight excluding hydrogens is 382 g/mol. The second-order valence-corrected chi connectivity index (χ2v) is 6.99. The van der Waals surface area contributed by atoms with E-state index in [1.165, 1.54) is 29.3 Å². The third-order valence-electron chi connectivity index (χ3n) is 4.32. The lowest BCUT2D eigenvalue weighted by Gasteiger charge is -2.11. The molecular formula is C19H21N3O5S. The fraction of sp³-hybridized carbons (Fsp3) is 0.316. The van der Waals surface area contributed by atoms with Crippen molar-refractivity contribution in [2.75, 3.05) is 33.3 Å². The molecule has 8 nitrogen and oxygen atoms in total. The van der Waals surface area contributed by atoms with Gasteiger partial charge in [0.2, 0.25) is 0 Å². The molecule has 0 saturated heterocycles. The first kappa shape index (κ1) is 19.8. The molecule has 28 heavy (non-hydrogen) atoms. The number of carbonyl (C=O) groups is 1. The quantitative estimate of drug-likeness (QED) is 0.652. The lowest BCUT2D eigenvalue weighted by Crippen LogP contribution is -2.22. The van der Waals surface area contributed by atoms with Gasteiger partial charge in [0.05, 0.1) is 49.6 Å². The Kier molecular flexibility index (Phi) is 5.96. The first-order valence-electron chi connectivity index (χ1n) is 8.51. The van der Waals surface area contributed by atoms with E-state index in [4.69, 9.17) is 14.2 Å². The lowest BCUT2D eigenvalue weighted by atomic mass is 10.2. The SMILES string of the molecule is COCCn1cnc2sc(C(=O)Nc3ccc(OC)cc3OC)c(C)c2c1=O. The third-order valence-corrected chi connectivity index (χ3v) is 5.52. The van der Waals surface area contributed by atoms with Gasteiger partial charge in [0.25, 0.3) is 11.5 Å². The number of hydrogen-bond donors (Lipinski definition) is 1. The highest BCUT2D eigenvalue weighted by molar-refractivity contribution is 7.20. The van der Waals surface area contributed by atoms with Crippen molar-refractivity contribution >= 4 is 33.1 Å². The molecule has 0 spiro atoms. The molecule has 3 rings (SSSR count). The van der Waals surface area contributed by atoms with Crippen molar-refractivity contribution < 1.29 is 19.0 Å². The maximum absolute atomic E-state index is 12.9. The van der Waals surface area contributed by atoms with Gasteiger partial charge in [-0.3, -0.25) is 14.2 Å². The monoisotopic (exact) mass is 403 g/mol. The van der Waals surface area contributed by atoms with Gasteiger partial charge in [0.1, 0.15) is 16.3 Å². The summed E-state index contributed by atoms with van der Waals surface area (Å²) < 4.78 is 17.0. The average molecular weight is 403 g/mol. The van der Waals surface area contributed by atoms with Crippen LogP contribution < -0.4 is 20.3 Å². The van der Waals surface area contributed by atoms with E-state index in [2.05, 4.69) is 10.3 Å². The smallest absolute Gasteiger partial charge is 0.266 e. The van der Waals surface area contributed by atoms with Gasteiger partial charge in [-0.25, -0.2) is 4.98 Å². The molecule has 0 radical (unpaired) electrons. The summed E-state index contributed by atoms with van der Waals surface area (Å²) in [6.07, 6.45) is 1.48. The van der Waals surface area contributed by atoms with Gasteiger partial charge >= 0.3 is 0 Å². The molecule has 1 amide bonds. The van der Waals surface area contributed by atoms with Crippen LogP contribution in [0.2, 0.25) is 0 Å². The first-order valence-corrected chi connectivity index (χ1v) is 9.32. The zero-order chi connectivity index (χ0) is 20.3. The van der Waals surface area contributed by atoms with Crippen molar-refractivity contribution in [1.29, 1.82) is 0 Å². The number of ether oxygens (including phenoxy) is 3. The molecule has 0 saturated carbocycles. The van der Waals surface area contributed by atoms with E-state index in [-0.39, 0.29) is 11.5 Å². The molecule has 9 heteroatoms. The molecule has 0 atom stereocenters. The minimum absolute atomic E-state index is 0.183. The normalized spacial score (nSPS) is 10.9. The topological polar surface area (TPSA) is 91.7 Å². The summed E-state index contributed by atoms with van der Waals surface area (Å²) in [5.41, 5.74) is 0.932. The maximum Gasteiger partial charge on any atom is 0.266 e. The average Bonchev–Trinajstić information content (AvgIpc) is 3.05. The van der Waals surface area contributed by atoms with E-state index in [0.717, 1.165) is 0 Å². The van der Waals surface area contributed by atoms with Crippen molar-refractivity contribution in [3.63, 3.8) is 0 Å². The number of aromatic nitrogens is 2. The van der Waals surface area contributed by atoms with Crippen molar-refractivity contribution in [2.45, 2.75) is 13.5 Å². The van der Waals surface area contributed by atoms with Crippen molar-refractivity contribution in [3.8, 4) is 11.5 Å². The third kappa shape index (κ3) is 3.71. The van der Waals surface area contributed by atoms with Gasteiger partial charge in [-0.2, -0.15) is 0 Å². The van der Waals surface area contributed by atoms with Crippen molar-refractivity contribution in [1.82, 2.24) is 9.55 Å². The number of hydrogen-bond acceptors (Lipinski definition) is 7. The summed E-state index contributed by atoms with van der Waals surface area (Å²) in [5, 5.41) is 3.29. The molecule has 2 aromatic heterocycles. The molecule has 0 fully saturated rings. The zero-order valence-electron chi connectivity index (χ0n) is 16.1. The van der Waals surface area contributed by atoms with E-state index >= 15 is 0 Å². The Hall–Kier alpha value is -2.91. The summed E-state index contributed by atoms with van der Waals surface area (Å²) in [5.74, 6) is 0.770. The van der Waals surface area contributed by atoms with Crippen LogP contribution in [-0.2, 0) is 11.3 Å². The molecule has 3 aromatic rings. The summed E-state index contributed by atoms with van der Waals surface area (Å²) >= 11 is 1.19. The summed E-state index contributed by atoms with van der Waals surface area (Å²) in [6, 6.07) is 5.11. The van der Waals surface area contributed by atoms with Crippen LogP contribution >= 0.6 is 11.3 Å². The number of fused-ring (bicyclic) bond motifs is 1. The van der Waals surface area contributed by atoms with E-state index in [1.54, 1.807) is 39.3 Å². The number of carbonyl (C=O) groups excluding carboxylic acids is 1. The van der Waals surface area contributed by atoms with Crippen LogP contribution in [0, 0.1) is 6.92 Å². The highest BCUT2D eigenvalue weighted by atomic mass is 32.1. The fourth-order valence-electron chi connectivity index (χ4n) is 2.81. The maximum atomic E-state index is 12.9. The van der Waals surface area contributed by atoms with Crippen LogP contribution in [0.15, 0.2) is 29.3 Å². The Morgan fingerprint density at radius 1 is 1.25 bits per heavy atom. The number of anilines is 1. The fourth-order valence-corrected chi connectivity index (χ4v) is 3.84. The predicted octanol–water partition coefficient (Wildman–Crippen LogP) is 2.68. The first-order chi connectivity index (χ1) is 13.5. The highest BCUT2D eigenvalue weighted by Gasteiger charge is 2.20. The molecule has 0 aliphatic carbocycles. The number of thiophene rings is 1. The standard InChI is InChI=1S/C19H21N3O5S/c1-11-15-18(20-10-22(19(15)24)7-8-25-2)28-16(11)17(23)21-13-6-5-12(26-3)9-14(13)27-4/h5-6,9-10H,7-8H2,1-4H3,(H,21,23). The molecule has 1 aromatic carbocycles. The van der Waals surface area contributed by atoms with Gasteiger partial charge in [-0.15, -0.1) is 11.3 Å². The minimum Gasteiger partial charge on any atom is -0.497 e. The van der Waals surface area contributed by atoms with Crippen LogP contribution in [-0.4, -0.2) is 43.4 Å². The second kappa shape index (κ2) is 8.41. The predicted molar refractivity (Wildman–Crippen MR) is 108 cm³/mol. The summed E-state index contributed by atoms with van der Waals surface area (Å²) in [7, 11) is 4.64. The lowest BCUT2D eigenvalue weighted by molar-refractivity contribution is 0.102. The van der Waals surface area contributed by atoms with Crippen LogP contribution in [0.25, 0.3) is 10.2 Å². The van der Waals surface area contributed by atoms with E-state index < -0.39 is 0 Å². The summed E-state index contributed by atoms with van der Waals surface area (Å²) in [4.78, 5) is 30.9. The van der Waals surface area contributed by atoms with Gasteiger partial charge in [0, 0.05) is 13.2 Å². The molecule has 1 N–H and O–H groups in total. The number of methoxy groups -OCH3 is 3. The Bertz CT molecular complexity index is 1070. The molecule has 148 valence electrons. The number of benzene rings is 1. The van der Waals surface area contributed by atoms with E-state index in [0.29, 0.717) is 51.0 Å². The summed E-state index contributed by atoms with van der Waals surface area (Å²) in [6.45, 7) is 2.56. The Morgan fingerprint density at radius 2 is 2.04 bits per heavy atom. The minimum atomic E-state index is -0.327. The van der Waals surface area contributed by atoms with Crippen LogP contribution in [0.3, 0.4) is 0 Å². The largest absolute Gasteiger partial charge is 0.497 e. The van der Waals surface area contributed by atoms with E-state index in [1.807, 2.05) is 0 Å². The number of rotatable bonds is 7. The van der Waals surface area contributed by atoms with Gasteiger partial charge in [-0.05, 0) is 24.6 Å². The van der Waals surface area contributed by atoms with Gasteiger partial charge in [-0.1, -0.05) is 0 Å². The Balaban J connectivity index is 1.95. The molecule has 0 aliphatic heterocycles. The van der Waals surface area contributed by atoms with Crippen LogP contribution in [0.5, 0.6) is 11.5 Å². The van der Waals surface area contributed by atoms with Gasteiger partial charge in [0.15, 0.2) is 0 Å². The van der Waals surface area contributed by atoms with E-state index in [9.17, 15) is 9.59 Å².